The van der Waals surface area contributed by atoms with E-state index in [1.807, 2.05) is 23.6 Å². The zero-order valence-electron chi connectivity index (χ0n) is 9.40. The van der Waals surface area contributed by atoms with Crippen LogP contribution in [0.15, 0.2) is 0 Å². The summed E-state index contributed by atoms with van der Waals surface area (Å²) in [6, 6.07) is 2.40. The zero-order chi connectivity index (χ0) is 11.3. The molecule has 1 heterocycles. The number of hydrogen-bond acceptors (Lipinski definition) is 3. The number of carbonyl (C=O) groups is 1. The third kappa shape index (κ3) is 3.13. The number of amides is 1. The van der Waals surface area contributed by atoms with Crippen LogP contribution in [0.3, 0.4) is 0 Å². The lowest BCUT2D eigenvalue weighted by Crippen LogP contribution is -2.46. The van der Waals surface area contributed by atoms with Gasteiger partial charge in [0.1, 0.15) is 5.92 Å². The molecule has 1 saturated heterocycles. The second kappa shape index (κ2) is 6.02. The first-order valence-corrected chi connectivity index (χ1v) is 6.64. The van der Waals surface area contributed by atoms with E-state index in [2.05, 4.69) is 13.0 Å². The minimum Gasteiger partial charge on any atom is -0.337 e. The first-order chi connectivity index (χ1) is 7.20. The minimum atomic E-state index is -0.430. The predicted molar refractivity (Wildman–Crippen MR) is 62.5 cm³/mol. The van der Waals surface area contributed by atoms with Gasteiger partial charge < -0.3 is 4.90 Å². The van der Waals surface area contributed by atoms with E-state index in [4.69, 9.17) is 5.26 Å². The van der Waals surface area contributed by atoms with E-state index < -0.39 is 5.92 Å². The molecule has 0 aliphatic carbocycles. The summed E-state index contributed by atoms with van der Waals surface area (Å²) in [6.45, 7) is 4.87. The highest BCUT2D eigenvalue weighted by atomic mass is 32.2. The Bertz CT molecular complexity index is 262. The van der Waals surface area contributed by atoms with Crippen molar-refractivity contribution >= 4 is 17.7 Å². The maximum absolute atomic E-state index is 12.0. The van der Waals surface area contributed by atoms with Crippen molar-refractivity contribution in [2.24, 2.45) is 5.92 Å². The standard InChI is InChI=1S/C11H18N2OS/c1-3-4-10(7-12)11(14)13-5-6-15-8-9(13)2/h9-10H,3-6,8H2,1-2H3. The molecule has 0 bridgehead atoms. The minimum absolute atomic E-state index is 0.0344. The molecule has 0 aromatic carbocycles. The summed E-state index contributed by atoms with van der Waals surface area (Å²) in [5.41, 5.74) is 0. The monoisotopic (exact) mass is 226 g/mol. The average molecular weight is 226 g/mol. The second-order valence-electron chi connectivity index (χ2n) is 3.93. The molecular weight excluding hydrogens is 208 g/mol. The largest absolute Gasteiger partial charge is 0.337 e. The molecule has 1 amide bonds. The molecule has 1 fully saturated rings. The van der Waals surface area contributed by atoms with Gasteiger partial charge in [0, 0.05) is 24.1 Å². The van der Waals surface area contributed by atoms with Crippen LogP contribution < -0.4 is 0 Å². The molecule has 1 aliphatic heterocycles. The first kappa shape index (κ1) is 12.4. The van der Waals surface area contributed by atoms with E-state index in [0.717, 1.165) is 24.5 Å². The highest BCUT2D eigenvalue weighted by molar-refractivity contribution is 7.99. The lowest BCUT2D eigenvalue weighted by molar-refractivity contribution is -0.135. The molecular formula is C11H18N2OS. The van der Waals surface area contributed by atoms with Crippen molar-refractivity contribution in [3.8, 4) is 6.07 Å². The third-order valence-electron chi connectivity index (χ3n) is 2.68. The Balaban J connectivity index is 2.61. The fourth-order valence-electron chi connectivity index (χ4n) is 1.79. The molecule has 0 aromatic heterocycles. The number of nitriles is 1. The molecule has 4 heteroatoms. The van der Waals surface area contributed by atoms with Gasteiger partial charge in [0.05, 0.1) is 6.07 Å². The fraction of sp³-hybridized carbons (Fsp3) is 0.818. The summed E-state index contributed by atoms with van der Waals surface area (Å²) in [6.07, 6.45) is 1.58. The lowest BCUT2D eigenvalue weighted by atomic mass is 10.0. The van der Waals surface area contributed by atoms with E-state index in [-0.39, 0.29) is 11.9 Å². The highest BCUT2D eigenvalue weighted by Crippen LogP contribution is 2.19. The van der Waals surface area contributed by atoms with E-state index in [9.17, 15) is 4.79 Å². The van der Waals surface area contributed by atoms with E-state index >= 15 is 0 Å². The Morgan fingerprint density at radius 1 is 1.73 bits per heavy atom. The number of carbonyl (C=O) groups excluding carboxylic acids is 1. The van der Waals surface area contributed by atoms with Crippen LogP contribution in [0.4, 0.5) is 0 Å². The average Bonchev–Trinajstić information content (AvgIpc) is 2.25. The van der Waals surface area contributed by atoms with Crippen molar-refractivity contribution in [2.45, 2.75) is 32.7 Å². The Morgan fingerprint density at radius 2 is 2.47 bits per heavy atom. The predicted octanol–water partition coefficient (Wildman–Crippen LogP) is 1.89. The van der Waals surface area contributed by atoms with Crippen molar-refractivity contribution < 1.29 is 4.79 Å². The molecule has 1 aliphatic rings. The molecule has 15 heavy (non-hydrogen) atoms. The normalized spacial score (nSPS) is 23.3. The summed E-state index contributed by atoms with van der Waals surface area (Å²) in [5.74, 6) is 1.60. The van der Waals surface area contributed by atoms with Gasteiger partial charge in [0.15, 0.2) is 0 Å². The Kier molecular flexibility index (Phi) is 4.97. The van der Waals surface area contributed by atoms with Crippen molar-refractivity contribution in [1.82, 2.24) is 4.90 Å². The quantitative estimate of drug-likeness (QED) is 0.738. The maximum atomic E-state index is 12.0. The molecule has 0 saturated carbocycles. The molecule has 84 valence electrons. The van der Waals surface area contributed by atoms with Gasteiger partial charge >= 0.3 is 0 Å². The summed E-state index contributed by atoms with van der Waals surface area (Å²) in [4.78, 5) is 13.9. The Labute approximate surface area is 95.8 Å². The number of rotatable bonds is 3. The summed E-state index contributed by atoms with van der Waals surface area (Å²) in [7, 11) is 0. The van der Waals surface area contributed by atoms with E-state index in [1.54, 1.807) is 0 Å². The van der Waals surface area contributed by atoms with Gasteiger partial charge in [0.25, 0.3) is 0 Å². The lowest BCUT2D eigenvalue weighted by Gasteiger charge is -2.34. The zero-order valence-corrected chi connectivity index (χ0v) is 10.2. The van der Waals surface area contributed by atoms with Gasteiger partial charge in [-0.1, -0.05) is 13.3 Å². The van der Waals surface area contributed by atoms with Gasteiger partial charge in [-0.2, -0.15) is 17.0 Å². The van der Waals surface area contributed by atoms with Crippen LogP contribution in [0, 0.1) is 17.2 Å². The van der Waals surface area contributed by atoms with Gasteiger partial charge in [-0.15, -0.1) is 0 Å². The molecule has 0 spiro atoms. The van der Waals surface area contributed by atoms with Crippen molar-refractivity contribution in [1.29, 1.82) is 5.26 Å². The van der Waals surface area contributed by atoms with E-state index in [1.165, 1.54) is 0 Å². The van der Waals surface area contributed by atoms with E-state index in [0.29, 0.717) is 6.42 Å². The summed E-state index contributed by atoms with van der Waals surface area (Å²) >= 11 is 1.88. The topological polar surface area (TPSA) is 44.1 Å². The van der Waals surface area contributed by atoms with Crippen LogP contribution in [0.25, 0.3) is 0 Å². The second-order valence-corrected chi connectivity index (χ2v) is 5.08. The van der Waals surface area contributed by atoms with Crippen LogP contribution in [-0.4, -0.2) is 34.9 Å². The molecule has 0 aromatic rings. The SMILES string of the molecule is CCCC(C#N)C(=O)N1CCSCC1C. The van der Waals surface area contributed by atoms with Gasteiger partial charge in [0.2, 0.25) is 5.91 Å². The Hall–Kier alpha value is -0.690. The van der Waals surface area contributed by atoms with Crippen molar-refractivity contribution in [3.63, 3.8) is 0 Å². The Morgan fingerprint density at radius 3 is 3.00 bits per heavy atom. The fourth-order valence-corrected chi connectivity index (χ4v) is 2.80. The van der Waals surface area contributed by atoms with Crippen LogP contribution in [0.5, 0.6) is 0 Å². The molecule has 2 unspecified atom stereocenters. The summed E-state index contributed by atoms with van der Waals surface area (Å²) < 4.78 is 0. The first-order valence-electron chi connectivity index (χ1n) is 5.48. The molecule has 0 radical (unpaired) electrons. The smallest absolute Gasteiger partial charge is 0.240 e. The number of nitrogens with zero attached hydrogens (tertiary/aromatic N) is 2. The number of thioether (sulfide) groups is 1. The van der Waals surface area contributed by atoms with Gasteiger partial charge in [-0.25, -0.2) is 0 Å². The molecule has 3 nitrogen and oxygen atoms in total. The van der Waals surface area contributed by atoms with Crippen LogP contribution in [0.1, 0.15) is 26.7 Å². The maximum Gasteiger partial charge on any atom is 0.240 e. The van der Waals surface area contributed by atoms with Gasteiger partial charge in [-0.05, 0) is 13.3 Å². The molecule has 0 N–H and O–H groups in total. The molecule has 2 atom stereocenters. The number of hydrogen-bond donors (Lipinski definition) is 0. The van der Waals surface area contributed by atoms with Crippen LogP contribution >= 0.6 is 11.8 Å². The van der Waals surface area contributed by atoms with Gasteiger partial charge in [-0.3, -0.25) is 4.79 Å². The van der Waals surface area contributed by atoms with Crippen LogP contribution in [0.2, 0.25) is 0 Å². The highest BCUT2D eigenvalue weighted by Gasteiger charge is 2.28. The van der Waals surface area contributed by atoms with Crippen molar-refractivity contribution in [2.75, 3.05) is 18.1 Å². The third-order valence-corrected chi connectivity index (χ3v) is 3.87. The molecule has 1 rings (SSSR count). The summed E-state index contributed by atoms with van der Waals surface area (Å²) in [5, 5.41) is 8.94. The van der Waals surface area contributed by atoms with Crippen molar-refractivity contribution in [3.05, 3.63) is 0 Å². The van der Waals surface area contributed by atoms with Crippen LogP contribution in [-0.2, 0) is 4.79 Å².